The minimum absolute atomic E-state index is 0.0934. The Bertz CT molecular complexity index is 667. The minimum atomic E-state index is -0.590. The number of carbonyl (C=O) groups excluding carboxylic acids is 1. The molecule has 0 aliphatic rings. The summed E-state index contributed by atoms with van der Waals surface area (Å²) in [6, 6.07) is 7.00. The molecule has 0 N–H and O–H groups in total. The van der Waals surface area contributed by atoms with E-state index in [-0.39, 0.29) is 10.9 Å². The van der Waals surface area contributed by atoms with E-state index in [9.17, 15) is 4.79 Å². The zero-order valence-corrected chi connectivity index (χ0v) is 13.8. The maximum atomic E-state index is 12.1. The summed E-state index contributed by atoms with van der Waals surface area (Å²) in [4.78, 5) is 21.5. The summed E-state index contributed by atoms with van der Waals surface area (Å²) in [5, 5.41) is 0.601. The van der Waals surface area contributed by atoms with Crippen molar-refractivity contribution in [3.8, 4) is 11.5 Å². The van der Waals surface area contributed by atoms with Gasteiger partial charge in [0.25, 0.3) is 0 Å². The first kappa shape index (κ1) is 16.4. The summed E-state index contributed by atoms with van der Waals surface area (Å²) in [5.74, 6) is 0.819. The number of carbonyl (C=O) groups is 1. The summed E-state index contributed by atoms with van der Waals surface area (Å²) >= 11 is 7.31. The first-order valence-corrected chi connectivity index (χ1v) is 7.81. The number of halogens is 1. The van der Waals surface area contributed by atoms with Crippen LogP contribution in [0.25, 0.3) is 0 Å². The van der Waals surface area contributed by atoms with Crippen LogP contribution in [0.2, 0.25) is 5.15 Å². The first-order chi connectivity index (χ1) is 10.5. The summed E-state index contributed by atoms with van der Waals surface area (Å²) in [7, 11) is 3.17. The van der Waals surface area contributed by atoms with Gasteiger partial charge in [-0.05, 0) is 30.5 Å². The zero-order valence-electron chi connectivity index (χ0n) is 12.2. The Morgan fingerprint density at radius 3 is 2.55 bits per heavy atom. The van der Waals surface area contributed by atoms with Crippen LogP contribution in [0.3, 0.4) is 0 Å². The molecule has 2 rings (SSSR count). The first-order valence-electron chi connectivity index (χ1n) is 6.21. The fourth-order valence-electron chi connectivity index (χ4n) is 1.58. The molecule has 0 aliphatic carbocycles. The van der Waals surface area contributed by atoms with Gasteiger partial charge in [-0.1, -0.05) is 23.4 Å². The lowest BCUT2D eigenvalue weighted by molar-refractivity contribution is 0.208. The van der Waals surface area contributed by atoms with Crippen LogP contribution < -0.4 is 14.4 Å². The van der Waals surface area contributed by atoms with Crippen molar-refractivity contribution < 1.29 is 14.3 Å². The van der Waals surface area contributed by atoms with Gasteiger partial charge in [0.15, 0.2) is 16.1 Å². The molecular formula is C14H14ClN3O3S. The van der Waals surface area contributed by atoms with Crippen molar-refractivity contribution in [2.75, 3.05) is 25.3 Å². The fourth-order valence-corrected chi connectivity index (χ4v) is 2.13. The van der Waals surface area contributed by atoms with Gasteiger partial charge in [-0.3, -0.25) is 4.90 Å². The molecule has 2 aromatic rings. The van der Waals surface area contributed by atoms with Crippen LogP contribution in [0.15, 0.2) is 35.6 Å². The third kappa shape index (κ3) is 3.80. The second-order valence-electron chi connectivity index (χ2n) is 4.14. The van der Waals surface area contributed by atoms with Crippen LogP contribution in [-0.2, 0) is 0 Å². The number of thioether (sulfide) groups is 1. The highest BCUT2D eigenvalue weighted by atomic mass is 35.5. The van der Waals surface area contributed by atoms with Crippen molar-refractivity contribution in [2.45, 2.75) is 5.16 Å². The van der Waals surface area contributed by atoms with Crippen LogP contribution in [0.5, 0.6) is 11.5 Å². The monoisotopic (exact) mass is 339 g/mol. The molecule has 0 aliphatic heterocycles. The lowest BCUT2D eigenvalue weighted by Crippen LogP contribution is -2.29. The molecule has 1 aromatic carbocycles. The highest BCUT2D eigenvalue weighted by molar-refractivity contribution is 7.98. The van der Waals surface area contributed by atoms with Gasteiger partial charge in [-0.15, -0.1) is 0 Å². The number of benzene rings is 1. The van der Waals surface area contributed by atoms with Crippen LogP contribution in [0.1, 0.15) is 0 Å². The van der Waals surface area contributed by atoms with Gasteiger partial charge in [0.05, 0.1) is 13.3 Å². The number of anilines is 1. The lowest BCUT2D eigenvalue weighted by atomic mass is 10.3. The average molecular weight is 340 g/mol. The molecule has 0 unspecified atom stereocenters. The highest BCUT2D eigenvalue weighted by Gasteiger charge is 2.16. The van der Waals surface area contributed by atoms with E-state index in [1.54, 1.807) is 38.4 Å². The molecule has 8 heteroatoms. The second-order valence-corrected chi connectivity index (χ2v) is 5.27. The highest BCUT2D eigenvalue weighted by Crippen LogP contribution is 2.25. The molecule has 0 radical (unpaired) electrons. The third-order valence-corrected chi connectivity index (χ3v) is 3.64. The van der Waals surface area contributed by atoms with Crippen molar-refractivity contribution in [3.63, 3.8) is 0 Å². The molecule has 0 bridgehead atoms. The van der Waals surface area contributed by atoms with Gasteiger partial charge in [-0.2, -0.15) is 0 Å². The van der Waals surface area contributed by atoms with E-state index in [0.29, 0.717) is 16.6 Å². The number of nitrogens with zero attached hydrogens (tertiary/aromatic N) is 3. The molecule has 0 fully saturated rings. The van der Waals surface area contributed by atoms with Crippen LogP contribution in [0, 0.1) is 0 Å². The molecule has 6 nitrogen and oxygen atoms in total. The van der Waals surface area contributed by atoms with Crippen LogP contribution in [0.4, 0.5) is 10.5 Å². The zero-order chi connectivity index (χ0) is 16.1. The Balaban J connectivity index is 2.10. The lowest BCUT2D eigenvalue weighted by Gasteiger charge is -2.17. The van der Waals surface area contributed by atoms with E-state index >= 15 is 0 Å². The number of methoxy groups -OCH3 is 1. The van der Waals surface area contributed by atoms with Gasteiger partial charge in [0.1, 0.15) is 5.75 Å². The molecule has 0 saturated heterocycles. The number of hydrogen-bond donors (Lipinski definition) is 0. The largest absolute Gasteiger partial charge is 0.497 e. The van der Waals surface area contributed by atoms with E-state index in [2.05, 4.69) is 9.97 Å². The number of hydrogen-bond acceptors (Lipinski definition) is 6. The van der Waals surface area contributed by atoms with E-state index in [0.717, 1.165) is 0 Å². The Morgan fingerprint density at radius 1 is 1.32 bits per heavy atom. The maximum absolute atomic E-state index is 12.1. The Labute approximate surface area is 137 Å². The van der Waals surface area contributed by atoms with E-state index < -0.39 is 6.09 Å². The summed E-state index contributed by atoms with van der Waals surface area (Å²) in [6.45, 7) is 0. The van der Waals surface area contributed by atoms with Gasteiger partial charge in [-0.25, -0.2) is 14.8 Å². The summed E-state index contributed by atoms with van der Waals surface area (Å²) < 4.78 is 10.3. The molecular weight excluding hydrogens is 326 g/mol. The van der Waals surface area contributed by atoms with Crippen molar-refractivity contribution in [3.05, 3.63) is 35.6 Å². The standard InChI is InChI=1S/C14H14ClN3O3S/c1-18(9-4-6-10(20-2)7-5-9)14(19)21-11-8-16-13(22-3)17-12(11)15/h4-8H,1-3H3. The molecule has 1 amide bonds. The van der Waals surface area contributed by atoms with Crippen LogP contribution >= 0.6 is 23.4 Å². The van der Waals surface area contributed by atoms with Gasteiger partial charge >= 0.3 is 6.09 Å². The van der Waals surface area contributed by atoms with Gasteiger partial charge < -0.3 is 9.47 Å². The molecule has 0 atom stereocenters. The molecule has 22 heavy (non-hydrogen) atoms. The second kappa shape index (κ2) is 7.33. The Hall–Kier alpha value is -1.99. The topological polar surface area (TPSA) is 64.5 Å². The molecule has 1 heterocycles. The van der Waals surface area contributed by atoms with Gasteiger partial charge in [0, 0.05) is 12.7 Å². The normalized spacial score (nSPS) is 10.2. The summed E-state index contributed by atoms with van der Waals surface area (Å²) in [5.41, 5.74) is 0.656. The SMILES string of the molecule is COc1ccc(N(C)C(=O)Oc2cnc(SC)nc2Cl)cc1. The average Bonchev–Trinajstić information content (AvgIpc) is 2.56. The van der Waals surface area contributed by atoms with Crippen molar-refractivity contribution in [1.82, 2.24) is 9.97 Å². The third-order valence-electron chi connectivity index (χ3n) is 2.80. The quantitative estimate of drug-likeness (QED) is 0.482. The molecule has 116 valence electrons. The maximum Gasteiger partial charge on any atom is 0.419 e. The van der Waals surface area contributed by atoms with Crippen LogP contribution in [-0.4, -0.2) is 36.5 Å². The van der Waals surface area contributed by atoms with E-state index in [1.165, 1.54) is 22.9 Å². The Kier molecular flexibility index (Phi) is 5.46. The summed E-state index contributed by atoms with van der Waals surface area (Å²) in [6.07, 6.45) is 2.61. The molecule has 0 spiro atoms. The number of rotatable bonds is 4. The fraction of sp³-hybridized carbons (Fsp3) is 0.214. The van der Waals surface area contributed by atoms with E-state index in [1.807, 2.05) is 6.26 Å². The number of aromatic nitrogens is 2. The Morgan fingerprint density at radius 2 is 2.00 bits per heavy atom. The number of ether oxygens (including phenoxy) is 2. The van der Waals surface area contributed by atoms with Gasteiger partial charge in [0.2, 0.25) is 0 Å². The smallest absolute Gasteiger partial charge is 0.419 e. The molecule has 0 saturated carbocycles. The van der Waals surface area contributed by atoms with Crippen molar-refractivity contribution >= 4 is 35.1 Å². The minimum Gasteiger partial charge on any atom is -0.497 e. The molecule has 1 aromatic heterocycles. The predicted molar refractivity (Wildman–Crippen MR) is 86.2 cm³/mol. The van der Waals surface area contributed by atoms with E-state index in [4.69, 9.17) is 21.1 Å². The van der Waals surface area contributed by atoms with Crippen molar-refractivity contribution in [2.24, 2.45) is 0 Å². The number of amides is 1. The van der Waals surface area contributed by atoms with Crippen molar-refractivity contribution in [1.29, 1.82) is 0 Å². The predicted octanol–water partition coefficient (Wildman–Crippen LogP) is 3.50.